The largest absolute Gasteiger partial charge is 0.207 e. The fourth-order valence-electron chi connectivity index (χ4n) is 1.56. The van der Waals surface area contributed by atoms with Gasteiger partial charge in [-0.1, -0.05) is 30.3 Å². The lowest BCUT2D eigenvalue weighted by molar-refractivity contribution is 0.628. The van der Waals surface area contributed by atoms with Gasteiger partial charge in [-0.2, -0.15) is 0 Å². The Hall–Kier alpha value is -1.63. The van der Waals surface area contributed by atoms with Crippen LogP contribution in [0.15, 0.2) is 42.5 Å². The standard InChI is InChI=1S/C14H13F/c1-10-3-4-13(9-11(10)2)12-5-7-14(15)8-6-12/h3-9H,1-2H3. The minimum atomic E-state index is -0.192. The lowest BCUT2D eigenvalue weighted by Crippen LogP contribution is -1.83. The van der Waals surface area contributed by atoms with Crippen molar-refractivity contribution in [2.24, 2.45) is 0 Å². The lowest BCUT2D eigenvalue weighted by Gasteiger charge is -2.05. The van der Waals surface area contributed by atoms with Crippen LogP contribution in [0.3, 0.4) is 0 Å². The third-order valence-corrected chi connectivity index (χ3v) is 2.68. The zero-order chi connectivity index (χ0) is 10.8. The zero-order valence-corrected chi connectivity index (χ0v) is 8.92. The number of hydrogen-bond acceptors (Lipinski definition) is 0. The highest BCUT2D eigenvalue weighted by Crippen LogP contribution is 2.22. The van der Waals surface area contributed by atoms with Gasteiger partial charge in [-0.25, -0.2) is 4.39 Å². The van der Waals surface area contributed by atoms with Crippen LogP contribution >= 0.6 is 0 Å². The topological polar surface area (TPSA) is 0 Å². The molecule has 15 heavy (non-hydrogen) atoms. The highest BCUT2D eigenvalue weighted by Gasteiger charge is 1.99. The molecule has 0 aliphatic rings. The molecule has 0 heterocycles. The van der Waals surface area contributed by atoms with Gasteiger partial charge >= 0.3 is 0 Å². The summed E-state index contributed by atoms with van der Waals surface area (Å²) in [5.41, 5.74) is 4.73. The van der Waals surface area contributed by atoms with Crippen LogP contribution in [0.5, 0.6) is 0 Å². The van der Waals surface area contributed by atoms with Gasteiger partial charge in [-0.05, 0) is 48.2 Å². The van der Waals surface area contributed by atoms with E-state index in [0.29, 0.717) is 0 Å². The fraction of sp³-hybridized carbons (Fsp3) is 0.143. The van der Waals surface area contributed by atoms with Gasteiger partial charge in [0.1, 0.15) is 5.82 Å². The molecule has 0 aliphatic carbocycles. The second-order valence-electron chi connectivity index (χ2n) is 3.81. The molecule has 0 aromatic heterocycles. The minimum Gasteiger partial charge on any atom is -0.207 e. The third kappa shape index (κ3) is 2.07. The molecule has 0 radical (unpaired) electrons. The van der Waals surface area contributed by atoms with Crippen molar-refractivity contribution in [3.05, 3.63) is 59.4 Å². The summed E-state index contributed by atoms with van der Waals surface area (Å²) < 4.78 is 12.7. The Morgan fingerprint density at radius 2 is 1.33 bits per heavy atom. The van der Waals surface area contributed by atoms with Crippen LogP contribution in [0.25, 0.3) is 11.1 Å². The molecule has 0 amide bonds. The van der Waals surface area contributed by atoms with Crippen LogP contribution in [0.1, 0.15) is 11.1 Å². The van der Waals surface area contributed by atoms with Crippen LogP contribution in [-0.2, 0) is 0 Å². The van der Waals surface area contributed by atoms with Crippen molar-refractivity contribution < 1.29 is 4.39 Å². The molecule has 2 aromatic carbocycles. The van der Waals surface area contributed by atoms with Crippen molar-refractivity contribution in [3.63, 3.8) is 0 Å². The minimum absolute atomic E-state index is 0.192. The molecule has 0 aliphatic heterocycles. The molecule has 2 aromatic rings. The van der Waals surface area contributed by atoms with Gasteiger partial charge in [0.15, 0.2) is 0 Å². The summed E-state index contributed by atoms with van der Waals surface area (Å²) in [7, 11) is 0. The van der Waals surface area contributed by atoms with E-state index in [0.717, 1.165) is 11.1 Å². The first-order valence-electron chi connectivity index (χ1n) is 5.00. The summed E-state index contributed by atoms with van der Waals surface area (Å²) in [5, 5.41) is 0. The number of benzene rings is 2. The Labute approximate surface area is 89.4 Å². The monoisotopic (exact) mass is 200 g/mol. The highest BCUT2D eigenvalue weighted by molar-refractivity contribution is 5.64. The van der Waals surface area contributed by atoms with Crippen molar-refractivity contribution in [1.82, 2.24) is 0 Å². The maximum Gasteiger partial charge on any atom is 0.123 e. The summed E-state index contributed by atoms with van der Waals surface area (Å²) >= 11 is 0. The zero-order valence-electron chi connectivity index (χ0n) is 8.92. The van der Waals surface area contributed by atoms with E-state index in [1.165, 1.54) is 23.3 Å². The third-order valence-electron chi connectivity index (χ3n) is 2.68. The molecule has 1 heteroatoms. The quantitative estimate of drug-likeness (QED) is 0.649. The van der Waals surface area contributed by atoms with Gasteiger partial charge in [0.2, 0.25) is 0 Å². The summed E-state index contributed by atoms with van der Waals surface area (Å²) in [4.78, 5) is 0. The maximum absolute atomic E-state index is 12.7. The molecule has 0 saturated carbocycles. The van der Waals surface area contributed by atoms with Crippen LogP contribution in [0.4, 0.5) is 4.39 Å². The average Bonchev–Trinajstić information content (AvgIpc) is 2.23. The van der Waals surface area contributed by atoms with Gasteiger partial charge in [0, 0.05) is 0 Å². The summed E-state index contributed by atoms with van der Waals surface area (Å²) in [5.74, 6) is -0.192. The van der Waals surface area contributed by atoms with Crippen LogP contribution in [-0.4, -0.2) is 0 Å². The predicted molar refractivity (Wildman–Crippen MR) is 61.3 cm³/mol. The van der Waals surface area contributed by atoms with Crippen molar-refractivity contribution in [2.45, 2.75) is 13.8 Å². The molecule has 0 nitrogen and oxygen atoms in total. The smallest absolute Gasteiger partial charge is 0.123 e. The first kappa shape index (κ1) is 9.91. The Balaban J connectivity index is 2.45. The van der Waals surface area contributed by atoms with Crippen molar-refractivity contribution >= 4 is 0 Å². The number of aryl methyl sites for hydroxylation is 2. The number of halogens is 1. The molecule has 0 atom stereocenters. The summed E-state index contributed by atoms with van der Waals surface area (Å²) in [6.07, 6.45) is 0. The van der Waals surface area contributed by atoms with Crippen molar-refractivity contribution in [3.8, 4) is 11.1 Å². The lowest BCUT2D eigenvalue weighted by atomic mass is 10.0. The van der Waals surface area contributed by atoms with E-state index in [-0.39, 0.29) is 5.82 Å². The van der Waals surface area contributed by atoms with Crippen LogP contribution < -0.4 is 0 Å². The average molecular weight is 200 g/mol. The second-order valence-corrected chi connectivity index (χ2v) is 3.81. The van der Waals surface area contributed by atoms with Gasteiger partial charge in [-0.3, -0.25) is 0 Å². The van der Waals surface area contributed by atoms with Crippen LogP contribution in [0, 0.1) is 19.7 Å². The summed E-state index contributed by atoms with van der Waals surface area (Å²) in [6, 6.07) is 12.9. The Morgan fingerprint density at radius 1 is 0.733 bits per heavy atom. The van der Waals surface area contributed by atoms with Gasteiger partial charge in [0.05, 0.1) is 0 Å². The molecule has 0 bridgehead atoms. The number of hydrogen-bond donors (Lipinski definition) is 0. The van der Waals surface area contributed by atoms with E-state index >= 15 is 0 Å². The van der Waals surface area contributed by atoms with Crippen LogP contribution in [0.2, 0.25) is 0 Å². The maximum atomic E-state index is 12.7. The highest BCUT2D eigenvalue weighted by atomic mass is 19.1. The Morgan fingerprint density at radius 3 is 1.93 bits per heavy atom. The van der Waals surface area contributed by atoms with E-state index < -0.39 is 0 Å². The Kier molecular flexibility index (Phi) is 2.55. The molecular formula is C14H13F. The molecule has 0 N–H and O–H groups in total. The van der Waals surface area contributed by atoms with E-state index in [1.54, 1.807) is 12.1 Å². The molecule has 0 spiro atoms. The molecule has 0 fully saturated rings. The van der Waals surface area contributed by atoms with E-state index in [1.807, 2.05) is 0 Å². The Bertz CT molecular complexity index is 469. The summed E-state index contributed by atoms with van der Waals surface area (Å²) in [6.45, 7) is 4.17. The molecular weight excluding hydrogens is 187 g/mol. The first-order chi connectivity index (χ1) is 7.16. The fourth-order valence-corrected chi connectivity index (χ4v) is 1.56. The van der Waals surface area contributed by atoms with Crippen molar-refractivity contribution in [2.75, 3.05) is 0 Å². The van der Waals surface area contributed by atoms with E-state index in [4.69, 9.17) is 0 Å². The molecule has 2 rings (SSSR count). The van der Waals surface area contributed by atoms with E-state index in [2.05, 4.69) is 32.0 Å². The second kappa shape index (κ2) is 3.85. The van der Waals surface area contributed by atoms with Gasteiger partial charge in [0.25, 0.3) is 0 Å². The van der Waals surface area contributed by atoms with E-state index in [9.17, 15) is 4.39 Å². The number of rotatable bonds is 1. The predicted octanol–water partition coefficient (Wildman–Crippen LogP) is 4.11. The normalized spacial score (nSPS) is 10.3. The van der Waals surface area contributed by atoms with Gasteiger partial charge < -0.3 is 0 Å². The molecule has 0 unspecified atom stereocenters. The van der Waals surface area contributed by atoms with Crippen molar-refractivity contribution in [1.29, 1.82) is 0 Å². The molecule has 0 saturated heterocycles. The van der Waals surface area contributed by atoms with Gasteiger partial charge in [-0.15, -0.1) is 0 Å². The SMILES string of the molecule is Cc1ccc(-c2ccc(F)cc2)cc1C. The first-order valence-corrected chi connectivity index (χ1v) is 5.00. The molecule has 76 valence electrons.